The molecule has 4 rings (SSSR count). The first kappa shape index (κ1) is 16.7. The van der Waals surface area contributed by atoms with Gasteiger partial charge in [-0.2, -0.15) is 0 Å². The molecular formula is C22H16O5. The van der Waals surface area contributed by atoms with Crippen LogP contribution in [0, 0.1) is 6.92 Å². The van der Waals surface area contributed by atoms with Gasteiger partial charge in [-0.1, -0.05) is 60.2 Å². The Bertz CT molecular complexity index is 1210. The lowest BCUT2D eigenvalue weighted by molar-refractivity contribution is 0.371. The highest BCUT2D eigenvalue weighted by atomic mass is 16.3. The van der Waals surface area contributed by atoms with Gasteiger partial charge in [-0.15, -0.1) is 0 Å². The minimum Gasteiger partial charge on any atom is -0.504 e. The zero-order chi connectivity index (χ0) is 19.1. The number of aromatic hydroxyl groups is 3. The number of benzene rings is 3. The average Bonchev–Trinajstić information content (AvgIpc) is 2.68. The highest BCUT2D eigenvalue weighted by Gasteiger charge is 2.24. The van der Waals surface area contributed by atoms with Crippen LogP contribution in [0.2, 0.25) is 0 Å². The zero-order valence-electron chi connectivity index (χ0n) is 14.4. The first-order valence-electron chi connectivity index (χ1n) is 8.34. The second-order valence-corrected chi connectivity index (χ2v) is 6.33. The van der Waals surface area contributed by atoms with Crippen molar-refractivity contribution in [2.24, 2.45) is 0 Å². The fraction of sp³-hybridized carbons (Fsp3) is 0.0455. The molecule has 3 aromatic carbocycles. The zero-order valence-corrected chi connectivity index (χ0v) is 14.4. The van der Waals surface area contributed by atoms with Crippen molar-refractivity contribution in [2.45, 2.75) is 6.92 Å². The summed E-state index contributed by atoms with van der Waals surface area (Å²) in [6.45, 7) is 1.92. The summed E-state index contributed by atoms with van der Waals surface area (Å²) in [6.07, 6.45) is 0. The molecule has 0 amide bonds. The van der Waals surface area contributed by atoms with Gasteiger partial charge in [0.05, 0.1) is 5.56 Å². The third-order valence-corrected chi connectivity index (χ3v) is 4.50. The Morgan fingerprint density at radius 1 is 0.778 bits per heavy atom. The van der Waals surface area contributed by atoms with Gasteiger partial charge >= 0.3 is 0 Å². The molecule has 0 unspecified atom stereocenters. The van der Waals surface area contributed by atoms with Crippen LogP contribution in [0.15, 0.2) is 69.9 Å². The monoisotopic (exact) mass is 360 g/mol. The molecule has 0 radical (unpaired) electrons. The summed E-state index contributed by atoms with van der Waals surface area (Å²) in [4.78, 5) is 12.7. The molecule has 0 aliphatic heterocycles. The number of hydrogen-bond donors (Lipinski definition) is 3. The molecule has 5 nitrogen and oxygen atoms in total. The number of phenols is 3. The van der Waals surface area contributed by atoms with Crippen molar-refractivity contribution in [1.82, 2.24) is 0 Å². The van der Waals surface area contributed by atoms with E-state index in [-0.39, 0.29) is 16.5 Å². The smallest absolute Gasteiger partial charge is 0.202 e. The Kier molecular flexibility index (Phi) is 3.85. The van der Waals surface area contributed by atoms with Gasteiger partial charge < -0.3 is 19.7 Å². The van der Waals surface area contributed by atoms with Crippen LogP contribution >= 0.6 is 0 Å². The summed E-state index contributed by atoms with van der Waals surface area (Å²) in [5.41, 5.74) is 1.88. The van der Waals surface area contributed by atoms with Crippen molar-refractivity contribution in [3.63, 3.8) is 0 Å². The van der Waals surface area contributed by atoms with Gasteiger partial charge in [0.15, 0.2) is 22.5 Å². The standard InChI is InChI=1S/C22H16O5/c1-12-7-9-14(10-8-12)17-19(24)21(26)20(25)18-15(23)11-16(27-22(17)18)13-5-3-2-4-6-13/h2-11,24-26H,1H3. The Morgan fingerprint density at radius 3 is 2.11 bits per heavy atom. The van der Waals surface area contributed by atoms with Crippen LogP contribution in [0.1, 0.15) is 5.56 Å². The van der Waals surface area contributed by atoms with Gasteiger partial charge in [-0.3, -0.25) is 4.79 Å². The summed E-state index contributed by atoms with van der Waals surface area (Å²) in [6, 6.07) is 17.5. The number of phenolic OH excluding ortho intramolecular Hbond substituents is 3. The fourth-order valence-corrected chi connectivity index (χ4v) is 3.08. The van der Waals surface area contributed by atoms with Crippen LogP contribution in [0.25, 0.3) is 33.4 Å². The second-order valence-electron chi connectivity index (χ2n) is 6.33. The molecule has 3 N–H and O–H groups in total. The molecule has 0 bridgehead atoms. The van der Waals surface area contributed by atoms with Crippen molar-refractivity contribution in [1.29, 1.82) is 0 Å². The number of aryl methyl sites for hydroxylation is 1. The van der Waals surface area contributed by atoms with Crippen molar-refractivity contribution in [3.8, 4) is 39.7 Å². The van der Waals surface area contributed by atoms with Crippen LogP contribution in [0.4, 0.5) is 0 Å². The lowest BCUT2D eigenvalue weighted by atomic mass is 9.98. The van der Waals surface area contributed by atoms with Crippen LogP contribution in [0.3, 0.4) is 0 Å². The Balaban J connectivity index is 2.14. The van der Waals surface area contributed by atoms with Gasteiger partial charge in [0.25, 0.3) is 0 Å². The van der Waals surface area contributed by atoms with E-state index in [1.807, 2.05) is 37.3 Å². The molecule has 0 aliphatic carbocycles. The molecule has 0 saturated carbocycles. The highest BCUT2D eigenvalue weighted by Crippen LogP contribution is 2.48. The van der Waals surface area contributed by atoms with Gasteiger partial charge in [0, 0.05) is 11.6 Å². The summed E-state index contributed by atoms with van der Waals surface area (Å²) in [5, 5.41) is 30.7. The minimum atomic E-state index is -0.752. The van der Waals surface area contributed by atoms with Crippen LogP contribution in [0.5, 0.6) is 17.2 Å². The van der Waals surface area contributed by atoms with Crippen LogP contribution in [-0.4, -0.2) is 15.3 Å². The maximum absolute atomic E-state index is 12.7. The third-order valence-electron chi connectivity index (χ3n) is 4.50. The van der Waals surface area contributed by atoms with Crippen molar-refractivity contribution >= 4 is 11.0 Å². The lowest BCUT2D eigenvalue weighted by Crippen LogP contribution is -2.02. The molecule has 5 heteroatoms. The SMILES string of the molecule is Cc1ccc(-c2c(O)c(O)c(O)c3c(=O)cc(-c4ccccc4)oc23)cc1. The van der Waals surface area contributed by atoms with E-state index >= 15 is 0 Å². The van der Waals surface area contributed by atoms with Crippen molar-refractivity contribution in [3.05, 3.63) is 76.5 Å². The maximum Gasteiger partial charge on any atom is 0.202 e. The van der Waals surface area contributed by atoms with Crippen LogP contribution < -0.4 is 5.43 Å². The molecule has 134 valence electrons. The molecule has 4 aromatic rings. The highest BCUT2D eigenvalue weighted by molar-refractivity contribution is 6.02. The fourth-order valence-electron chi connectivity index (χ4n) is 3.08. The second kappa shape index (κ2) is 6.21. The molecule has 27 heavy (non-hydrogen) atoms. The van der Waals surface area contributed by atoms with Gasteiger partial charge in [-0.05, 0) is 12.5 Å². The molecule has 0 fully saturated rings. The maximum atomic E-state index is 12.7. The predicted molar refractivity (Wildman–Crippen MR) is 103 cm³/mol. The van der Waals surface area contributed by atoms with Crippen molar-refractivity contribution in [2.75, 3.05) is 0 Å². The molecule has 1 aromatic heterocycles. The van der Waals surface area contributed by atoms with E-state index in [0.717, 1.165) is 5.56 Å². The number of rotatable bonds is 2. The summed E-state index contributed by atoms with van der Waals surface area (Å²) in [7, 11) is 0. The number of hydrogen-bond acceptors (Lipinski definition) is 5. The number of fused-ring (bicyclic) bond motifs is 1. The molecule has 0 spiro atoms. The summed E-state index contributed by atoms with van der Waals surface area (Å²) in [5.74, 6) is -1.70. The van der Waals surface area contributed by atoms with Crippen molar-refractivity contribution < 1.29 is 19.7 Å². The predicted octanol–water partition coefficient (Wildman–Crippen LogP) is 4.55. The van der Waals surface area contributed by atoms with E-state index in [9.17, 15) is 20.1 Å². The van der Waals surface area contributed by atoms with E-state index in [1.54, 1.807) is 24.3 Å². The first-order valence-corrected chi connectivity index (χ1v) is 8.34. The van der Waals surface area contributed by atoms with Gasteiger partial charge in [-0.25, -0.2) is 0 Å². The normalized spacial score (nSPS) is 11.0. The molecule has 0 atom stereocenters. The summed E-state index contributed by atoms with van der Waals surface area (Å²) < 4.78 is 5.93. The molecule has 0 aliphatic rings. The van der Waals surface area contributed by atoms with E-state index in [1.165, 1.54) is 6.07 Å². The molecule has 0 saturated heterocycles. The van der Waals surface area contributed by atoms with E-state index in [0.29, 0.717) is 16.9 Å². The molecule has 1 heterocycles. The van der Waals surface area contributed by atoms with E-state index in [4.69, 9.17) is 4.42 Å². The Hall–Kier alpha value is -3.73. The van der Waals surface area contributed by atoms with E-state index in [2.05, 4.69) is 0 Å². The van der Waals surface area contributed by atoms with Gasteiger partial charge in [0.2, 0.25) is 5.75 Å². The van der Waals surface area contributed by atoms with Gasteiger partial charge in [0.1, 0.15) is 11.1 Å². The molecular weight excluding hydrogens is 344 g/mol. The Labute approximate surface area is 154 Å². The topological polar surface area (TPSA) is 90.9 Å². The summed E-state index contributed by atoms with van der Waals surface area (Å²) >= 11 is 0. The largest absolute Gasteiger partial charge is 0.504 e. The minimum absolute atomic E-state index is 0.0120. The third kappa shape index (κ3) is 2.69. The lowest BCUT2D eigenvalue weighted by Gasteiger charge is -2.13. The van der Waals surface area contributed by atoms with E-state index < -0.39 is 22.7 Å². The average molecular weight is 360 g/mol. The quantitative estimate of drug-likeness (QED) is 0.456. The first-order chi connectivity index (χ1) is 13.0. The van der Waals surface area contributed by atoms with Crippen LogP contribution in [-0.2, 0) is 0 Å². The Morgan fingerprint density at radius 2 is 1.44 bits per heavy atom.